The number of rotatable bonds is 5. The van der Waals surface area contributed by atoms with Crippen LogP contribution in [0.2, 0.25) is 0 Å². The van der Waals surface area contributed by atoms with Gasteiger partial charge in [-0.3, -0.25) is 9.78 Å². The van der Waals surface area contributed by atoms with Crippen LogP contribution in [0, 0.1) is 0 Å². The summed E-state index contributed by atoms with van der Waals surface area (Å²) >= 11 is 0. The second-order valence-electron chi connectivity index (χ2n) is 5.59. The Bertz CT molecular complexity index is 1030. The number of aromatic nitrogens is 3. The standard InChI is InChI=1S/C17H10F6N4O2/c18-16(19,20)11-5-12(8-24-7-11)27-14(6-15(26-27)25-9-28)10-2-1-3-13(4-10)29-17(21,22)23/h1-9H,(H,25,26,28). The summed E-state index contributed by atoms with van der Waals surface area (Å²) in [5.74, 6) is -0.565. The maximum absolute atomic E-state index is 13.0. The van der Waals surface area contributed by atoms with E-state index in [2.05, 4.69) is 20.1 Å². The van der Waals surface area contributed by atoms with Crippen molar-refractivity contribution < 1.29 is 35.9 Å². The number of carbonyl (C=O) groups excluding carboxylic acids is 1. The second kappa shape index (κ2) is 7.45. The van der Waals surface area contributed by atoms with Gasteiger partial charge in [-0.15, -0.1) is 18.3 Å². The van der Waals surface area contributed by atoms with E-state index in [9.17, 15) is 31.1 Å². The van der Waals surface area contributed by atoms with E-state index >= 15 is 0 Å². The van der Waals surface area contributed by atoms with Crippen molar-refractivity contribution in [3.8, 4) is 22.7 Å². The molecule has 0 atom stereocenters. The zero-order valence-corrected chi connectivity index (χ0v) is 14.1. The highest BCUT2D eigenvalue weighted by Gasteiger charge is 2.32. The second-order valence-corrected chi connectivity index (χ2v) is 5.59. The maximum Gasteiger partial charge on any atom is 0.573 e. The molecule has 3 aromatic rings. The summed E-state index contributed by atoms with van der Waals surface area (Å²) in [6.07, 6.45) is -7.58. The number of hydrogen-bond acceptors (Lipinski definition) is 4. The van der Waals surface area contributed by atoms with E-state index in [4.69, 9.17) is 0 Å². The maximum atomic E-state index is 13.0. The fourth-order valence-electron chi connectivity index (χ4n) is 2.47. The Labute approximate surface area is 158 Å². The lowest BCUT2D eigenvalue weighted by molar-refractivity contribution is -0.274. The van der Waals surface area contributed by atoms with Gasteiger partial charge < -0.3 is 10.1 Å². The van der Waals surface area contributed by atoms with Crippen LogP contribution in [0.4, 0.5) is 32.2 Å². The van der Waals surface area contributed by atoms with Crippen molar-refractivity contribution in [1.29, 1.82) is 0 Å². The Morgan fingerprint density at radius 2 is 1.79 bits per heavy atom. The Morgan fingerprint density at radius 1 is 1.03 bits per heavy atom. The molecule has 0 unspecified atom stereocenters. The van der Waals surface area contributed by atoms with E-state index < -0.39 is 23.9 Å². The fraction of sp³-hybridized carbons (Fsp3) is 0.118. The van der Waals surface area contributed by atoms with Gasteiger partial charge in [-0.05, 0) is 18.2 Å². The zero-order chi connectivity index (χ0) is 21.2. The molecule has 12 heteroatoms. The number of nitrogens with zero attached hydrogens (tertiary/aromatic N) is 3. The monoisotopic (exact) mass is 416 g/mol. The number of halogens is 6. The number of carbonyl (C=O) groups is 1. The lowest BCUT2D eigenvalue weighted by Crippen LogP contribution is -2.17. The van der Waals surface area contributed by atoms with Crippen LogP contribution >= 0.6 is 0 Å². The van der Waals surface area contributed by atoms with Crippen molar-refractivity contribution in [2.75, 3.05) is 5.32 Å². The third-order valence-electron chi connectivity index (χ3n) is 3.58. The molecule has 0 spiro atoms. The molecule has 1 aromatic carbocycles. The van der Waals surface area contributed by atoms with Crippen molar-refractivity contribution in [3.63, 3.8) is 0 Å². The number of alkyl halides is 6. The minimum absolute atomic E-state index is 0.0328. The van der Waals surface area contributed by atoms with Crippen molar-refractivity contribution in [1.82, 2.24) is 14.8 Å². The molecule has 0 bridgehead atoms. The molecular formula is C17H10F6N4O2. The van der Waals surface area contributed by atoms with E-state index in [-0.39, 0.29) is 22.8 Å². The Balaban J connectivity index is 2.11. The van der Waals surface area contributed by atoms with Crippen LogP contribution < -0.4 is 10.1 Å². The number of ether oxygens (including phenoxy) is 1. The quantitative estimate of drug-likeness (QED) is 0.494. The van der Waals surface area contributed by atoms with Crippen molar-refractivity contribution in [3.05, 3.63) is 54.4 Å². The molecule has 0 saturated carbocycles. The minimum atomic E-state index is -4.92. The predicted octanol–water partition coefficient (Wildman–Crippen LogP) is 4.42. The van der Waals surface area contributed by atoms with Crippen molar-refractivity contribution in [2.24, 2.45) is 0 Å². The molecule has 0 aliphatic carbocycles. The zero-order valence-electron chi connectivity index (χ0n) is 14.1. The number of amides is 1. The lowest BCUT2D eigenvalue weighted by Gasteiger charge is -2.12. The van der Waals surface area contributed by atoms with Gasteiger partial charge in [0.15, 0.2) is 5.82 Å². The first kappa shape index (κ1) is 20.2. The first-order chi connectivity index (χ1) is 13.6. The van der Waals surface area contributed by atoms with Gasteiger partial charge in [0.2, 0.25) is 6.41 Å². The van der Waals surface area contributed by atoms with Gasteiger partial charge in [-0.25, -0.2) is 4.68 Å². The number of pyridine rings is 1. The summed E-state index contributed by atoms with van der Waals surface area (Å²) in [6, 6.07) is 6.82. The van der Waals surface area contributed by atoms with Gasteiger partial charge in [0.25, 0.3) is 0 Å². The molecule has 0 saturated heterocycles. The number of anilines is 1. The third-order valence-corrected chi connectivity index (χ3v) is 3.58. The first-order valence-electron chi connectivity index (χ1n) is 7.76. The largest absolute Gasteiger partial charge is 0.573 e. The van der Waals surface area contributed by atoms with Crippen molar-refractivity contribution in [2.45, 2.75) is 12.5 Å². The molecule has 2 aromatic heterocycles. The third kappa shape index (κ3) is 4.83. The normalized spacial score (nSPS) is 11.9. The average Bonchev–Trinajstić information content (AvgIpc) is 3.04. The highest BCUT2D eigenvalue weighted by molar-refractivity contribution is 5.74. The van der Waals surface area contributed by atoms with Gasteiger partial charge in [0.05, 0.1) is 23.1 Å². The molecule has 1 N–H and O–H groups in total. The van der Waals surface area contributed by atoms with Gasteiger partial charge in [-0.1, -0.05) is 12.1 Å². The Morgan fingerprint density at radius 3 is 2.45 bits per heavy atom. The number of hydrogen-bond donors (Lipinski definition) is 1. The van der Waals surface area contributed by atoms with E-state index in [1.165, 1.54) is 18.2 Å². The van der Waals surface area contributed by atoms with Crippen LogP contribution in [-0.2, 0) is 11.0 Å². The van der Waals surface area contributed by atoms with Crippen LogP contribution in [-0.4, -0.2) is 27.5 Å². The Hall–Kier alpha value is -3.57. The smallest absolute Gasteiger partial charge is 0.406 e. The summed E-state index contributed by atoms with van der Waals surface area (Å²) < 4.78 is 81.3. The van der Waals surface area contributed by atoms with Gasteiger partial charge in [0, 0.05) is 17.8 Å². The predicted molar refractivity (Wildman–Crippen MR) is 88.2 cm³/mol. The van der Waals surface area contributed by atoms with Crippen molar-refractivity contribution >= 4 is 12.2 Å². The SMILES string of the molecule is O=CNc1cc(-c2cccc(OC(F)(F)F)c2)n(-c2cncc(C(F)(F)F)c2)n1. The molecule has 29 heavy (non-hydrogen) atoms. The molecule has 152 valence electrons. The summed E-state index contributed by atoms with van der Waals surface area (Å²) in [5.41, 5.74) is -0.912. The van der Waals surface area contributed by atoms with Crippen LogP contribution in [0.1, 0.15) is 5.56 Å². The van der Waals surface area contributed by atoms with Gasteiger partial charge in [0.1, 0.15) is 5.75 Å². The van der Waals surface area contributed by atoms with Gasteiger partial charge >= 0.3 is 12.5 Å². The van der Waals surface area contributed by atoms with Crippen LogP contribution in [0.5, 0.6) is 5.75 Å². The molecule has 0 radical (unpaired) electrons. The Kier molecular flexibility index (Phi) is 5.18. The number of benzene rings is 1. The number of nitrogens with one attached hydrogen (secondary N) is 1. The van der Waals surface area contributed by atoms with E-state index in [0.717, 1.165) is 29.1 Å². The summed E-state index contributed by atoms with van der Waals surface area (Å²) in [7, 11) is 0. The van der Waals surface area contributed by atoms with Crippen LogP contribution in [0.25, 0.3) is 16.9 Å². The highest BCUT2D eigenvalue weighted by atomic mass is 19.4. The van der Waals surface area contributed by atoms with Gasteiger partial charge in [-0.2, -0.15) is 13.2 Å². The average molecular weight is 416 g/mol. The molecular weight excluding hydrogens is 406 g/mol. The van der Waals surface area contributed by atoms with E-state index in [0.29, 0.717) is 12.6 Å². The molecule has 6 nitrogen and oxygen atoms in total. The summed E-state index contributed by atoms with van der Waals surface area (Å²) in [4.78, 5) is 14.2. The molecule has 3 rings (SSSR count). The minimum Gasteiger partial charge on any atom is -0.406 e. The molecule has 0 aliphatic rings. The molecule has 1 amide bonds. The fourth-order valence-corrected chi connectivity index (χ4v) is 2.47. The van der Waals surface area contributed by atoms with E-state index in [1.54, 1.807) is 0 Å². The molecule has 0 aliphatic heterocycles. The van der Waals surface area contributed by atoms with Crippen LogP contribution in [0.3, 0.4) is 0 Å². The molecule has 0 fully saturated rings. The van der Waals surface area contributed by atoms with E-state index in [1.807, 2.05) is 0 Å². The topological polar surface area (TPSA) is 69.0 Å². The van der Waals surface area contributed by atoms with Crippen LogP contribution in [0.15, 0.2) is 48.8 Å². The lowest BCUT2D eigenvalue weighted by atomic mass is 10.1. The summed E-state index contributed by atoms with van der Waals surface area (Å²) in [6.45, 7) is 0. The summed E-state index contributed by atoms with van der Waals surface area (Å²) in [5, 5.41) is 6.22. The highest BCUT2D eigenvalue weighted by Crippen LogP contribution is 2.33. The molecule has 2 heterocycles. The first-order valence-corrected chi connectivity index (χ1v) is 7.76.